The Hall–Kier alpha value is -0.910. The Morgan fingerprint density at radius 3 is 2.63 bits per heavy atom. The molecule has 0 bridgehead atoms. The highest BCUT2D eigenvalue weighted by molar-refractivity contribution is 9.10. The van der Waals surface area contributed by atoms with Crippen molar-refractivity contribution in [3.8, 4) is 0 Å². The Kier molecular flexibility index (Phi) is 5.97. The zero-order chi connectivity index (χ0) is 14.5. The van der Waals surface area contributed by atoms with E-state index in [-0.39, 0.29) is 17.6 Å². The smallest absolute Gasteiger partial charge is 0.335 e. The fourth-order valence-corrected chi connectivity index (χ4v) is 2.27. The number of carbonyl (C=O) groups is 1. The number of aromatic carboxylic acids is 1. The van der Waals surface area contributed by atoms with Gasteiger partial charge in [0.15, 0.2) is 0 Å². The maximum atomic E-state index is 10.8. The highest BCUT2D eigenvalue weighted by Gasteiger charge is 2.16. The van der Waals surface area contributed by atoms with E-state index in [1.165, 1.54) is 0 Å². The van der Waals surface area contributed by atoms with Gasteiger partial charge in [-0.2, -0.15) is 0 Å². The maximum absolute atomic E-state index is 10.8. The van der Waals surface area contributed by atoms with Crippen LogP contribution in [-0.2, 0) is 6.54 Å². The van der Waals surface area contributed by atoms with Crippen LogP contribution >= 0.6 is 15.9 Å². The van der Waals surface area contributed by atoms with Crippen molar-refractivity contribution in [2.75, 3.05) is 13.2 Å². The Morgan fingerprint density at radius 2 is 2.11 bits per heavy atom. The van der Waals surface area contributed by atoms with E-state index in [2.05, 4.69) is 35.1 Å². The minimum atomic E-state index is -0.927. The third kappa shape index (κ3) is 5.30. The molecule has 1 aromatic carbocycles. The van der Waals surface area contributed by atoms with Gasteiger partial charge < -0.3 is 15.5 Å². The summed E-state index contributed by atoms with van der Waals surface area (Å²) < 4.78 is 0.792. The third-order valence-electron chi connectivity index (χ3n) is 3.01. The summed E-state index contributed by atoms with van der Waals surface area (Å²) in [6, 6.07) is 5.01. The number of carboxylic acids is 1. The molecule has 3 N–H and O–H groups in total. The SMILES string of the molecule is CC(C)(CCO)CNCc1ccc(C(=O)O)cc1Br. The van der Waals surface area contributed by atoms with Crippen LogP contribution in [0.3, 0.4) is 0 Å². The molecule has 0 fully saturated rings. The second-order valence-corrected chi connectivity index (χ2v) is 6.21. The number of rotatable bonds is 7. The van der Waals surface area contributed by atoms with Crippen molar-refractivity contribution in [1.82, 2.24) is 5.32 Å². The van der Waals surface area contributed by atoms with Crippen LogP contribution in [0.15, 0.2) is 22.7 Å². The summed E-state index contributed by atoms with van der Waals surface area (Å²) in [5.74, 6) is -0.927. The molecular weight excluding hydrogens is 310 g/mol. The van der Waals surface area contributed by atoms with Gasteiger partial charge in [0.25, 0.3) is 0 Å². The van der Waals surface area contributed by atoms with Crippen molar-refractivity contribution in [3.63, 3.8) is 0 Å². The Balaban J connectivity index is 2.57. The predicted octanol–water partition coefficient (Wildman–Crippen LogP) is 2.65. The maximum Gasteiger partial charge on any atom is 0.335 e. The molecule has 0 heterocycles. The van der Waals surface area contributed by atoms with Crippen LogP contribution in [-0.4, -0.2) is 29.3 Å². The topological polar surface area (TPSA) is 69.6 Å². The van der Waals surface area contributed by atoms with E-state index in [4.69, 9.17) is 10.2 Å². The number of nitrogens with one attached hydrogen (secondary N) is 1. The van der Waals surface area contributed by atoms with Crippen LogP contribution < -0.4 is 5.32 Å². The minimum absolute atomic E-state index is 0.0439. The summed E-state index contributed by atoms with van der Waals surface area (Å²) in [6.07, 6.45) is 0.749. The van der Waals surface area contributed by atoms with E-state index < -0.39 is 5.97 Å². The number of benzene rings is 1. The molecule has 0 aliphatic rings. The summed E-state index contributed by atoms with van der Waals surface area (Å²) in [5.41, 5.74) is 1.34. The van der Waals surface area contributed by atoms with E-state index in [0.717, 1.165) is 23.0 Å². The summed E-state index contributed by atoms with van der Waals surface area (Å²) in [4.78, 5) is 10.8. The van der Waals surface area contributed by atoms with Crippen molar-refractivity contribution in [3.05, 3.63) is 33.8 Å². The Bertz CT molecular complexity index is 446. The van der Waals surface area contributed by atoms with Gasteiger partial charge in [-0.1, -0.05) is 35.8 Å². The average molecular weight is 330 g/mol. The standard InChI is InChI=1S/C14H20BrNO3/c1-14(2,5-6-17)9-16-8-11-4-3-10(13(18)19)7-12(11)15/h3-4,7,16-17H,5-6,8-9H2,1-2H3,(H,18,19). The van der Waals surface area contributed by atoms with Crippen LogP contribution in [0.1, 0.15) is 36.2 Å². The first-order valence-electron chi connectivity index (χ1n) is 6.19. The molecule has 0 amide bonds. The molecular formula is C14H20BrNO3. The molecule has 0 spiro atoms. The molecule has 0 saturated carbocycles. The van der Waals surface area contributed by atoms with Crippen molar-refractivity contribution < 1.29 is 15.0 Å². The highest BCUT2D eigenvalue weighted by Crippen LogP contribution is 2.21. The fourth-order valence-electron chi connectivity index (χ4n) is 1.75. The predicted molar refractivity (Wildman–Crippen MR) is 78.3 cm³/mol. The molecule has 0 saturated heterocycles. The molecule has 0 aliphatic heterocycles. The normalized spacial score (nSPS) is 11.6. The molecule has 1 aromatic rings. The van der Waals surface area contributed by atoms with Gasteiger partial charge in [0.1, 0.15) is 0 Å². The molecule has 4 nitrogen and oxygen atoms in total. The van der Waals surface area contributed by atoms with Crippen molar-refractivity contribution in [1.29, 1.82) is 0 Å². The summed E-state index contributed by atoms with van der Waals surface area (Å²) in [6.45, 7) is 5.83. The summed E-state index contributed by atoms with van der Waals surface area (Å²) >= 11 is 3.38. The summed E-state index contributed by atoms with van der Waals surface area (Å²) in [7, 11) is 0. The van der Waals surface area contributed by atoms with E-state index in [1.807, 2.05) is 0 Å². The van der Waals surface area contributed by atoms with Gasteiger partial charge in [0.05, 0.1) is 5.56 Å². The van der Waals surface area contributed by atoms with Gasteiger partial charge in [0, 0.05) is 24.2 Å². The van der Waals surface area contributed by atoms with E-state index in [0.29, 0.717) is 6.54 Å². The van der Waals surface area contributed by atoms with E-state index >= 15 is 0 Å². The number of hydrogen-bond donors (Lipinski definition) is 3. The lowest BCUT2D eigenvalue weighted by Gasteiger charge is -2.24. The van der Waals surface area contributed by atoms with Crippen LogP contribution in [0, 0.1) is 5.41 Å². The molecule has 19 heavy (non-hydrogen) atoms. The fraction of sp³-hybridized carbons (Fsp3) is 0.500. The van der Waals surface area contributed by atoms with E-state index in [9.17, 15) is 4.79 Å². The number of carboxylic acid groups (broad SMARTS) is 1. The number of hydrogen-bond acceptors (Lipinski definition) is 3. The quantitative estimate of drug-likeness (QED) is 0.719. The minimum Gasteiger partial charge on any atom is -0.478 e. The molecule has 0 aromatic heterocycles. The Labute approximate surface area is 122 Å². The lowest BCUT2D eigenvalue weighted by molar-refractivity contribution is 0.0697. The number of halogens is 1. The van der Waals surface area contributed by atoms with Gasteiger partial charge in [-0.3, -0.25) is 0 Å². The van der Waals surface area contributed by atoms with E-state index in [1.54, 1.807) is 18.2 Å². The monoisotopic (exact) mass is 329 g/mol. The van der Waals surface area contributed by atoms with Crippen molar-refractivity contribution >= 4 is 21.9 Å². The molecule has 0 radical (unpaired) electrons. The van der Waals surface area contributed by atoms with Gasteiger partial charge in [-0.15, -0.1) is 0 Å². The number of aliphatic hydroxyl groups is 1. The first kappa shape index (κ1) is 16.1. The zero-order valence-electron chi connectivity index (χ0n) is 11.2. The molecule has 5 heteroatoms. The average Bonchev–Trinajstić information content (AvgIpc) is 2.30. The second-order valence-electron chi connectivity index (χ2n) is 5.35. The van der Waals surface area contributed by atoms with Gasteiger partial charge in [-0.25, -0.2) is 4.79 Å². The molecule has 0 aliphatic carbocycles. The lowest BCUT2D eigenvalue weighted by Crippen LogP contribution is -2.30. The van der Waals surface area contributed by atoms with Crippen LogP contribution in [0.4, 0.5) is 0 Å². The van der Waals surface area contributed by atoms with Gasteiger partial charge in [-0.05, 0) is 29.5 Å². The highest BCUT2D eigenvalue weighted by atomic mass is 79.9. The molecule has 106 valence electrons. The molecule has 0 atom stereocenters. The summed E-state index contributed by atoms with van der Waals surface area (Å²) in [5, 5.41) is 21.2. The Morgan fingerprint density at radius 1 is 1.42 bits per heavy atom. The van der Waals surface area contributed by atoms with Crippen molar-refractivity contribution in [2.45, 2.75) is 26.8 Å². The zero-order valence-corrected chi connectivity index (χ0v) is 12.8. The lowest BCUT2D eigenvalue weighted by atomic mass is 9.90. The largest absolute Gasteiger partial charge is 0.478 e. The number of aliphatic hydroxyl groups excluding tert-OH is 1. The first-order chi connectivity index (χ1) is 8.85. The second kappa shape index (κ2) is 7.03. The van der Waals surface area contributed by atoms with Crippen molar-refractivity contribution in [2.24, 2.45) is 5.41 Å². The first-order valence-corrected chi connectivity index (χ1v) is 6.98. The van der Waals surface area contributed by atoms with Gasteiger partial charge in [0.2, 0.25) is 0 Å². The van der Waals surface area contributed by atoms with Crippen LogP contribution in [0.25, 0.3) is 0 Å². The van der Waals surface area contributed by atoms with Gasteiger partial charge >= 0.3 is 5.97 Å². The van der Waals surface area contributed by atoms with Crippen LogP contribution in [0.2, 0.25) is 0 Å². The van der Waals surface area contributed by atoms with Crippen LogP contribution in [0.5, 0.6) is 0 Å². The molecule has 0 unspecified atom stereocenters. The molecule has 1 rings (SSSR count). The third-order valence-corrected chi connectivity index (χ3v) is 3.75.